The lowest BCUT2D eigenvalue weighted by molar-refractivity contribution is -0.143. The summed E-state index contributed by atoms with van der Waals surface area (Å²) in [4.78, 5) is 24.2. The number of carbonyl (C=O) groups excluding carboxylic acids is 1. The minimum absolute atomic E-state index is 0.111. The molecule has 1 heterocycles. The van der Waals surface area contributed by atoms with Crippen molar-refractivity contribution < 1.29 is 23.1 Å². The molecule has 1 aromatic rings. The van der Waals surface area contributed by atoms with Gasteiger partial charge in [-0.3, -0.25) is 9.59 Å². The van der Waals surface area contributed by atoms with Gasteiger partial charge in [0.15, 0.2) is 9.84 Å². The summed E-state index contributed by atoms with van der Waals surface area (Å²) in [6.07, 6.45) is 6.07. The number of hydrogen-bond acceptors (Lipinski definition) is 5. The Balaban J connectivity index is 2.12. The van der Waals surface area contributed by atoms with Gasteiger partial charge in [0.2, 0.25) is 0 Å². The summed E-state index contributed by atoms with van der Waals surface area (Å²) in [5.41, 5.74) is 0. The lowest BCUT2D eigenvalue weighted by Crippen LogP contribution is -2.43. The van der Waals surface area contributed by atoms with Crippen molar-refractivity contribution in [2.75, 3.05) is 6.26 Å². The molecule has 0 bridgehead atoms. The molecule has 23 heavy (non-hydrogen) atoms. The van der Waals surface area contributed by atoms with E-state index in [0.29, 0.717) is 12.8 Å². The molecule has 1 amide bonds. The summed E-state index contributed by atoms with van der Waals surface area (Å²) in [5, 5.41) is 13.6. The Kier molecular flexibility index (Phi) is 5.80. The second-order valence-corrected chi connectivity index (χ2v) is 8.86. The molecule has 1 aliphatic carbocycles. The van der Waals surface area contributed by atoms with Crippen LogP contribution in [0.1, 0.15) is 48.2 Å². The number of rotatable bonds is 4. The normalized spacial score (nSPS) is 22.8. The van der Waals surface area contributed by atoms with Crippen LogP contribution in [0.15, 0.2) is 16.3 Å². The summed E-state index contributed by atoms with van der Waals surface area (Å²) < 4.78 is 23.0. The van der Waals surface area contributed by atoms with Gasteiger partial charge in [-0.25, -0.2) is 8.42 Å². The molecule has 128 valence electrons. The highest BCUT2D eigenvalue weighted by Crippen LogP contribution is 2.25. The molecule has 2 N–H and O–H groups in total. The number of carbonyl (C=O) groups is 2. The Bertz CT molecular complexity index is 680. The summed E-state index contributed by atoms with van der Waals surface area (Å²) in [7, 11) is -3.35. The van der Waals surface area contributed by atoms with Crippen LogP contribution in [-0.2, 0) is 14.6 Å². The van der Waals surface area contributed by atoms with Crippen molar-refractivity contribution in [3.63, 3.8) is 0 Å². The fourth-order valence-electron chi connectivity index (χ4n) is 2.82. The number of amides is 1. The number of carboxylic acids is 1. The molecular weight excluding hydrogens is 338 g/mol. The Hall–Kier alpha value is -1.41. The molecule has 0 saturated heterocycles. The molecule has 1 aliphatic rings. The average Bonchev–Trinajstić information content (AvgIpc) is 2.91. The maximum Gasteiger partial charge on any atom is 0.308 e. The van der Waals surface area contributed by atoms with Gasteiger partial charge in [-0.2, -0.15) is 0 Å². The smallest absolute Gasteiger partial charge is 0.308 e. The standard InChI is InChI=1S/C15H21NO5S2/c1-23(20,21)10-8-13(22-9-10)14(17)16-12-7-5-3-2-4-6-11(12)15(18)19/h8-9,11-12H,2-7H2,1H3,(H,16,17)(H,18,19). The first-order chi connectivity index (χ1) is 10.8. The van der Waals surface area contributed by atoms with Crippen LogP contribution < -0.4 is 5.32 Å². The lowest BCUT2D eigenvalue weighted by Gasteiger charge is -2.27. The van der Waals surface area contributed by atoms with E-state index in [-0.39, 0.29) is 9.77 Å². The van der Waals surface area contributed by atoms with Gasteiger partial charge < -0.3 is 10.4 Å². The Morgan fingerprint density at radius 2 is 1.87 bits per heavy atom. The average molecular weight is 359 g/mol. The summed E-state index contributed by atoms with van der Waals surface area (Å²) >= 11 is 1.05. The predicted octanol–water partition coefficient (Wildman–Crippen LogP) is 2.31. The van der Waals surface area contributed by atoms with Gasteiger partial charge in [0.05, 0.1) is 15.7 Å². The third-order valence-corrected chi connectivity index (χ3v) is 6.30. The van der Waals surface area contributed by atoms with Gasteiger partial charge in [0, 0.05) is 17.7 Å². The molecule has 0 spiro atoms. The molecule has 0 aliphatic heterocycles. The summed E-state index contributed by atoms with van der Waals surface area (Å²) in [6.45, 7) is 0. The fourth-order valence-corrected chi connectivity index (χ4v) is 4.75. The van der Waals surface area contributed by atoms with Crippen molar-refractivity contribution in [3.8, 4) is 0 Å². The van der Waals surface area contributed by atoms with Gasteiger partial charge in [-0.15, -0.1) is 11.3 Å². The van der Waals surface area contributed by atoms with E-state index < -0.39 is 33.7 Å². The van der Waals surface area contributed by atoms with Crippen LogP contribution in [-0.4, -0.2) is 37.7 Å². The molecule has 1 saturated carbocycles. The monoisotopic (exact) mass is 359 g/mol. The molecule has 8 heteroatoms. The van der Waals surface area contributed by atoms with Crippen LogP contribution in [0.25, 0.3) is 0 Å². The number of hydrogen-bond donors (Lipinski definition) is 2. The van der Waals surface area contributed by atoms with E-state index in [1.165, 1.54) is 11.4 Å². The van der Waals surface area contributed by atoms with Crippen LogP contribution in [0.4, 0.5) is 0 Å². The maximum absolute atomic E-state index is 12.3. The van der Waals surface area contributed by atoms with E-state index in [1.54, 1.807) is 0 Å². The first-order valence-corrected chi connectivity index (χ1v) is 10.4. The molecule has 0 aromatic carbocycles. The SMILES string of the molecule is CS(=O)(=O)c1csc(C(=O)NC2CCCCCCC2C(=O)O)c1. The van der Waals surface area contributed by atoms with E-state index in [1.807, 2.05) is 0 Å². The maximum atomic E-state index is 12.3. The van der Waals surface area contributed by atoms with E-state index in [9.17, 15) is 23.1 Å². The summed E-state index contributed by atoms with van der Waals surface area (Å²) in [5.74, 6) is -1.88. The Morgan fingerprint density at radius 3 is 2.43 bits per heavy atom. The van der Waals surface area contributed by atoms with Crippen molar-refractivity contribution in [2.45, 2.75) is 49.5 Å². The number of nitrogens with one attached hydrogen (secondary N) is 1. The second kappa shape index (κ2) is 7.44. The Labute approximate surface area is 139 Å². The van der Waals surface area contributed by atoms with Crippen molar-refractivity contribution in [3.05, 3.63) is 16.3 Å². The van der Waals surface area contributed by atoms with E-state index in [2.05, 4.69) is 5.32 Å². The van der Waals surface area contributed by atoms with E-state index >= 15 is 0 Å². The van der Waals surface area contributed by atoms with Crippen molar-refractivity contribution >= 4 is 33.1 Å². The lowest BCUT2D eigenvalue weighted by atomic mass is 9.87. The van der Waals surface area contributed by atoms with Crippen molar-refractivity contribution in [1.29, 1.82) is 0 Å². The fraction of sp³-hybridized carbons (Fsp3) is 0.600. The minimum Gasteiger partial charge on any atom is -0.481 e. The van der Waals surface area contributed by atoms with E-state index in [4.69, 9.17) is 0 Å². The van der Waals surface area contributed by atoms with Gasteiger partial charge in [0.25, 0.3) is 5.91 Å². The van der Waals surface area contributed by atoms with Gasteiger partial charge in [0.1, 0.15) is 0 Å². The van der Waals surface area contributed by atoms with Crippen LogP contribution in [0.3, 0.4) is 0 Å². The van der Waals surface area contributed by atoms with Crippen LogP contribution in [0, 0.1) is 5.92 Å². The summed E-state index contributed by atoms with van der Waals surface area (Å²) in [6, 6.07) is 0.928. The van der Waals surface area contributed by atoms with E-state index in [0.717, 1.165) is 43.3 Å². The molecule has 1 aromatic heterocycles. The topological polar surface area (TPSA) is 101 Å². The zero-order valence-corrected chi connectivity index (χ0v) is 14.6. The van der Waals surface area contributed by atoms with Crippen LogP contribution >= 0.6 is 11.3 Å². The molecule has 2 rings (SSSR count). The van der Waals surface area contributed by atoms with Crippen molar-refractivity contribution in [2.24, 2.45) is 5.92 Å². The number of thiophene rings is 1. The van der Waals surface area contributed by atoms with Gasteiger partial charge in [-0.1, -0.05) is 25.7 Å². The molecule has 6 nitrogen and oxygen atoms in total. The molecule has 2 unspecified atom stereocenters. The number of sulfone groups is 1. The number of aliphatic carboxylic acids is 1. The van der Waals surface area contributed by atoms with Crippen LogP contribution in [0.2, 0.25) is 0 Å². The molecule has 2 atom stereocenters. The number of carboxylic acid groups (broad SMARTS) is 1. The van der Waals surface area contributed by atoms with Crippen molar-refractivity contribution in [1.82, 2.24) is 5.32 Å². The highest BCUT2D eigenvalue weighted by molar-refractivity contribution is 7.90. The first-order valence-electron chi connectivity index (χ1n) is 7.61. The quantitative estimate of drug-likeness (QED) is 0.859. The third-order valence-electron chi connectivity index (χ3n) is 4.13. The van der Waals surface area contributed by atoms with Gasteiger partial charge >= 0.3 is 5.97 Å². The predicted molar refractivity (Wildman–Crippen MR) is 87.5 cm³/mol. The Morgan fingerprint density at radius 1 is 1.22 bits per heavy atom. The first kappa shape index (κ1) is 17.9. The third kappa shape index (κ3) is 4.78. The second-order valence-electron chi connectivity index (χ2n) is 5.94. The zero-order chi connectivity index (χ0) is 17.0. The molecule has 1 fully saturated rings. The van der Waals surface area contributed by atoms with Gasteiger partial charge in [-0.05, 0) is 18.9 Å². The molecular formula is C15H21NO5S2. The molecule has 0 radical (unpaired) electrons. The largest absolute Gasteiger partial charge is 0.481 e. The zero-order valence-electron chi connectivity index (χ0n) is 12.9. The highest BCUT2D eigenvalue weighted by Gasteiger charge is 2.30. The highest BCUT2D eigenvalue weighted by atomic mass is 32.2. The minimum atomic E-state index is -3.35. The van der Waals surface area contributed by atoms with Crippen LogP contribution in [0.5, 0.6) is 0 Å².